The zero-order chi connectivity index (χ0) is 21.7. The molecule has 0 saturated carbocycles. The third-order valence-electron chi connectivity index (χ3n) is 3.98. The van der Waals surface area contributed by atoms with E-state index in [1.54, 1.807) is 38.3 Å². The molecule has 0 unspecified atom stereocenters. The minimum atomic E-state index is -2.65. The third-order valence-corrected chi connectivity index (χ3v) is 6.12. The SMILES string of the molecule is COc1ccc(/C=C/C(=O)c2ccc(Cl)s2)cc1CSc1nc(C)cc(C(F)F)n1. The fraction of sp³-hybridized carbons (Fsp3) is 0.190. The summed E-state index contributed by atoms with van der Waals surface area (Å²) in [6.45, 7) is 1.65. The predicted octanol–water partition coefficient (Wildman–Crippen LogP) is 6.63. The monoisotopic (exact) mass is 466 g/mol. The van der Waals surface area contributed by atoms with Gasteiger partial charge in [0.2, 0.25) is 0 Å². The summed E-state index contributed by atoms with van der Waals surface area (Å²) in [5, 5.41) is 0.276. The summed E-state index contributed by atoms with van der Waals surface area (Å²) in [5.41, 5.74) is 1.83. The first-order valence-electron chi connectivity index (χ1n) is 8.77. The number of aromatic nitrogens is 2. The van der Waals surface area contributed by atoms with Gasteiger partial charge in [0.1, 0.15) is 11.4 Å². The van der Waals surface area contributed by atoms with E-state index in [-0.39, 0.29) is 16.6 Å². The zero-order valence-corrected chi connectivity index (χ0v) is 18.5. The van der Waals surface area contributed by atoms with E-state index in [9.17, 15) is 13.6 Å². The van der Waals surface area contributed by atoms with Crippen LogP contribution in [-0.2, 0) is 5.75 Å². The quantitative estimate of drug-likeness (QED) is 0.161. The number of hydrogen-bond donors (Lipinski definition) is 0. The van der Waals surface area contributed by atoms with Crippen molar-refractivity contribution in [2.24, 2.45) is 0 Å². The van der Waals surface area contributed by atoms with E-state index in [4.69, 9.17) is 16.3 Å². The Morgan fingerprint density at radius 1 is 1.27 bits per heavy atom. The summed E-state index contributed by atoms with van der Waals surface area (Å²) in [6, 6.07) is 10.1. The number of alkyl halides is 2. The van der Waals surface area contributed by atoms with Gasteiger partial charge in [0.15, 0.2) is 10.9 Å². The molecule has 0 aliphatic heterocycles. The van der Waals surface area contributed by atoms with E-state index in [0.29, 0.717) is 26.4 Å². The molecule has 4 nitrogen and oxygen atoms in total. The number of aryl methyl sites for hydroxylation is 1. The van der Waals surface area contributed by atoms with Crippen LogP contribution in [0.3, 0.4) is 0 Å². The van der Waals surface area contributed by atoms with Crippen LogP contribution in [0, 0.1) is 6.92 Å². The number of halogens is 3. The molecular formula is C21H17ClF2N2O2S2. The number of nitrogens with zero attached hydrogens (tertiary/aromatic N) is 2. The lowest BCUT2D eigenvalue weighted by atomic mass is 10.1. The number of thiophene rings is 1. The summed E-state index contributed by atoms with van der Waals surface area (Å²) in [6.07, 6.45) is 0.547. The number of methoxy groups -OCH3 is 1. The molecule has 1 aromatic carbocycles. The van der Waals surface area contributed by atoms with Crippen LogP contribution in [0.25, 0.3) is 6.08 Å². The van der Waals surface area contributed by atoms with Gasteiger partial charge >= 0.3 is 0 Å². The molecule has 3 aromatic rings. The van der Waals surface area contributed by atoms with E-state index in [1.165, 1.54) is 35.2 Å². The van der Waals surface area contributed by atoms with Crippen LogP contribution in [0.1, 0.15) is 38.6 Å². The van der Waals surface area contributed by atoms with Crippen molar-refractivity contribution in [3.8, 4) is 5.75 Å². The van der Waals surface area contributed by atoms with Crippen LogP contribution in [0.2, 0.25) is 4.34 Å². The number of hydrogen-bond acceptors (Lipinski definition) is 6. The van der Waals surface area contributed by atoms with Gasteiger partial charge in [0, 0.05) is 17.0 Å². The second-order valence-electron chi connectivity index (χ2n) is 6.18. The first-order valence-corrected chi connectivity index (χ1v) is 10.9. The molecule has 0 aliphatic rings. The number of allylic oxidation sites excluding steroid dienone is 1. The molecule has 0 N–H and O–H groups in total. The van der Waals surface area contributed by atoms with Crippen LogP contribution >= 0.6 is 34.7 Å². The molecule has 156 valence electrons. The van der Waals surface area contributed by atoms with Crippen LogP contribution in [0.5, 0.6) is 5.75 Å². The van der Waals surface area contributed by atoms with E-state index in [2.05, 4.69) is 9.97 Å². The molecule has 0 fully saturated rings. The van der Waals surface area contributed by atoms with Gasteiger partial charge in [-0.05, 0) is 48.9 Å². The molecule has 0 aliphatic carbocycles. The van der Waals surface area contributed by atoms with Gasteiger partial charge in [-0.15, -0.1) is 11.3 Å². The fourth-order valence-electron chi connectivity index (χ4n) is 2.60. The van der Waals surface area contributed by atoms with Crippen LogP contribution in [-0.4, -0.2) is 22.9 Å². The number of carbonyl (C=O) groups is 1. The molecular weight excluding hydrogens is 450 g/mol. The summed E-state index contributed by atoms with van der Waals surface area (Å²) in [7, 11) is 1.56. The van der Waals surface area contributed by atoms with Crippen molar-refractivity contribution >= 4 is 46.6 Å². The van der Waals surface area contributed by atoms with Crippen molar-refractivity contribution in [3.05, 3.63) is 74.2 Å². The summed E-state index contributed by atoms with van der Waals surface area (Å²) < 4.78 is 31.9. The highest BCUT2D eigenvalue weighted by atomic mass is 35.5. The number of rotatable bonds is 8. The fourth-order valence-corrected chi connectivity index (χ4v) is 4.45. The summed E-state index contributed by atoms with van der Waals surface area (Å²) >= 11 is 8.34. The van der Waals surface area contributed by atoms with Gasteiger partial charge < -0.3 is 4.74 Å². The highest BCUT2D eigenvalue weighted by Crippen LogP contribution is 2.29. The molecule has 0 spiro atoms. The van der Waals surface area contributed by atoms with Gasteiger partial charge in [0.05, 0.1) is 16.3 Å². The van der Waals surface area contributed by atoms with Crippen molar-refractivity contribution in [1.29, 1.82) is 0 Å². The van der Waals surface area contributed by atoms with Gasteiger partial charge in [-0.25, -0.2) is 18.7 Å². The lowest BCUT2D eigenvalue weighted by molar-refractivity contribution is 0.105. The average molecular weight is 467 g/mol. The molecule has 0 radical (unpaired) electrons. The predicted molar refractivity (Wildman–Crippen MR) is 117 cm³/mol. The largest absolute Gasteiger partial charge is 0.496 e. The van der Waals surface area contributed by atoms with Gasteiger partial charge in [-0.1, -0.05) is 35.5 Å². The molecule has 0 bridgehead atoms. The normalized spacial score (nSPS) is 11.4. The smallest absolute Gasteiger partial charge is 0.280 e. The molecule has 9 heteroatoms. The molecule has 0 atom stereocenters. The Labute approximate surface area is 186 Å². The first kappa shape index (κ1) is 22.4. The second kappa shape index (κ2) is 10.1. The van der Waals surface area contributed by atoms with Crippen molar-refractivity contribution in [2.45, 2.75) is 24.3 Å². The Kier molecular flexibility index (Phi) is 7.58. The van der Waals surface area contributed by atoms with Crippen molar-refractivity contribution in [1.82, 2.24) is 9.97 Å². The molecule has 30 heavy (non-hydrogen) atoms. The van der Waals surface area contributed by atoms with Gasteiger partial charge in [-0.3, -0.25) is 4.79 Å². The Morgan fingerprint density at radius 3 is 2.73 bits per heavy atom. The first-order chi connectivity index (χ1) is 14.4. The lowest BCUT2D eigenvalue weighted by Gasteiger charge is -2.10. The number of thioether (sulfide) groups is 1. The molecule has 3 rings (SSSR count). The number of benzene rings is 1. The van der Waals surface area contributed by atoms with Gasteiger partial charge in [-0.2, -0.15) is 0 Å². The average Bonchev–Trinajstić information content (AvgIpc) is 3.16. The number of ether oxygens (including phenoxy) is 1. The van der Waals surface area contributed by atoms with Crippen molar-refractivity contribution in [2.75, 3.05) is 7.11 Å². The summed E-state index contributed by atoms with van der Waals surface area (Å²) in [4.78, 5) is 20.9. The Morgan fingerprint density at radius 2 is 2.07 bits per heavy atom. The minimum absolute atomic E-state index is 0.133. The Hall–Kier alpha value is -2.29. The van der Waals surface area contributed by atoms with Crippen LogP contribution in [0.15, 0.2) is 47.6 Å². The maximum Gasteiger partial charge on any atom is 0.280 e. The van der Waals surface area contributed by atoms with Crippen molar-refractivity contribution < 1.29 is 18.3 Å². The standard InChI is InChI=1S/C21H17ClF2N2O2S2/c1-12-9-15(20(23)24)26-21(25-12)29-11-14-10-13(4-6-17(14)28-2)3-5-16(27)18-7-8-19(22)30-18/h3-10,20H,11H2,1-2H3/b5-3+. The molecule has 2 heterocycles. The van der Waals surface area contributed by atoms with E-state index >= 15 is 0 Å². The van der Waals surface area contributed by atoms with Gasteiger partial charge in [0.25, 0.3) is 6.43 Å². The minimum Gasteiger partial charge on any atom is -0.496 e. The third kappa shape index (κ3) is 5.87. The highest BCUT2D eigenvalue weighted by Gasteiger charge is 2.13. The van der Waals surface area contributed by atoms with E-state index in [1.807, 2.05) is 12.1 Å². The van der Waals surface area contributed by atoms with Crippen LogP contribution in [0.4, 0.5) is 8.78 Å². The van der Waals surface area contributed by atoms with E-state index < -0.39 is 6.43 Å². The Balaban J connectivity index is 1.76. The second-order valence-corrected chi connectivity index (χ2v) is 8.84. The lowest BCUT2D eigenvalue weighted by Crippen LogP contribution is -1.98. The van der Waals surface area contributed by atoms with Crippen molar-refractivity contribution in [3.63, 3.8) is 0 Å². The maximum atomic E-state index is 13.0. The Bertz CT molecular complexity index is 1090. The summed E-state index contributed by atoms with van der Waals surface area (Å²) in [5.74, 6) is 0.940. The zero-order valence-electron chi connectivity index (χ0n) is 16.1. The van der Waals surface area contributed by atoms with Crippen LogP contribution < -0.4 is 4.74 Å². The molecule has 0 amide bonds. The number of carbonyl (C=O) groups excluding carboxylic acids is 1. The number of ketones is 1. The maximum absolute atomic E-state index is 13.0. The molecule has 0 saturated heterocycles. The topological polar surface area (TPSA) is 52.1 Å². The van der Waals surface area contributed by atoms with E-state index in [0.717, 1.165) is 11.1 Å². The highest BCUT2D eigenvalue weighted by molar-refractivity contribution is 7.98. The molecule has 2 aromatic heterocycles.